The summed E-state index contributed by atoms with van der Waals surface area (Å²) in [6.45, 7) is 2.56. The van der Waals surface area contributed by atoms with Crippen molar-refractivity contribution in [2.75, 3.05) is 18.4 Å². The van der Waals surface area contributed by atoms with Gasteiger partial charge in [0.25, 0.3) is 5.91 Å². The van der Waals surface area contributed by atoms with E-state index in [2.05, 4.69) is 21.3 Å². The van der Waals surface area contributed by atoms with Crippen molar-refractivity contribution in [3.05, 3.63) is 29.8 Å². The van der Waals surface area contributed by atoms with Crippen LogP contribution in [0.1, 0.15) is 36.5 Å². The minimum atomic E-state index is -0.466. The van der Waals surface area contributed by atoms with Crippen molar-refractivity contribution in [3.63, 3.8) is 0 Å². The third-order valence-corrected chi connectivity index (χ3v) is 3.28. The zero-order valence-corrected chi connectivity index (χ0v) is 13.1. The van der Waals surface area contributed by atoms with Crippen LogP contribution in [0.25, 0.3) is 0 Å². The van der Waals surface area contributed by atoms with E-state index in [-0.39, 0.29) is 18.5 Å². The van der Waals surface area contributed by atoms with Crippen LogP contribution in [-0.4, -0.2) is 37.0 Å². The highest BCUT2D eigenvalue weighted by molar-refractivity contribution is 5.97. The fourth-order valence-corrected chi connectivity index (χ4v) is 1.91. The molecule has 7 heteroatoms. The first-order valence-electron chi connectivity index (χ1n) is 7.81. The Morgan fingerprint density at radius 2 is 2.00 bits per heavy atom. The van der Waals surface area contributed by atoms with Gasteiger partial charge < -0.3 is 16.0 Å². The molecule has 23 heavy (non-hydrogen) atoms. The zero-order chi connectivity index (χ0) is 16.7. The predicted octanol–water partition coefficient (Wildman–Crippen LogP) is 1.23. The summed E-state index contributed by atoms with van der Waals surface area (Å²) in [5.41, 5.74) is 1.17. The average molecular weight is 318 g/mol. The molecule has 0 radical (unpaired) electrons. The van der Waals surface area contributed by atoms with E-state index in [0.717, 1.165) is 19.3 Å². The Morgan fingerprint density at radius 3 is 2.70 bits per heavy atom. The fraction of sp³-hybridized carbons (Fsp3) is 0.438. The molecule has 0 aliphatic heterocycles. The third-order valence-electron chi connectivity index (χ3n) is 3.28. The lowest BCUT2D eigenvalue weighted by atomic mass is 10.2. The summed E-state index contributed by atoms with van der Waals surface area (Å²) in [5, 5.41) is 10.6. The van der Waals surface area contributed by atoms with Crippen LogP contribution in [0.2, 0.25) is 0 Å². The van der Waals surface area contributed by atoms with Crippen LogP contribution < -0.4 is 21.3 Å². The van der Waals surface area contributed by atoms with Crippen LogP contribution in [-0.2, 0) is 4.79 Å². The maximum absolute atomic E-state index is 11.9. The number of hydrogen-bond donors (Lipinski definition) is 4. The van der Waals surface area contributed by atoms with Gasteiger partial charge in [-0.1, -0.05) is 13.0 Å². The van der Waals surface area contributed by atoms with Crippen LogP contribution in [0, 0.1) is 0 Å². The second-order valence-electron chi connectivity index (χ2n) is 5.49. The topological polar surface area (TPSA) is 99.3 Å². The van der Waals surface area contributed by atoms with Crippen LogP contribution >= 0.6 is 0 Å². The second-order valence-corrected chi connectivity index (χ2v) is 5.49. The molecule has 7 nitrogen and oxygen atoms in total. The molecule has 0 atom stereocenters. The minimum Gasteiger partial charge on any atom is -0.376 e. The summed E-state index contributed by atoms with van der Waals surface area (Å²) in [5.74, 6) is -0.576. The van der Waals surface area contributed by atoms with E-state index in [9.17, 15) is 14.4 Å². The SMILES string of the molecule is CCCNC(=O)c1cccc(NCC(=O)NC(=O)NC2CC2)c1. The average Bonchev–Trinajstić information content (AvgIpc) is 3.34. The van der Waals surface area contributed by atoms with Crippen LogP contribution in [0.5, 0.6) is 0 Å². The van der Waals surface area contributed by atoms with Crippen LogP contribution in [0.4, 0.5) is 10.5 Å². The number of carbonyl (C=O) groups is 3. The smallest absolute Gasteiger partial charge is 0.321 e. The van der Waals surface area contributed by atoms with Gasteiger partial charge in [-0.2, -0.15) is 0 Å². The summed E-state index contributed by atoms with van der Waals surface area (Å²) in [4.78, 5) is 35.0. The maximum Gasteiger partial charge on any atom is 0.321 e. The first kappa shape index (κ1) is 16.8. The molecule has 0 heterocycles. The largest absolute Gasteiger partial charge is 0.376 e. The first-order chi connectivity index (χ1) is 11.1. The van der Waals surface area contributed by atoms with Gasteiger partial charge in [0.05, 0.1) is 6.54 Å². The number of rotatable bonds is 7. The lowest BCUT2D eigenvalue weighted by Crippen LogP contribution is -2.42. The Kier molecular flexibility index (Phi) is 5.96. The predicted molar refractivity (Wildman–Crippen MR) is 87.3 cm³/mol. The van der Waals surface area contributed by atoms with E-state index in [1.54, 1.807) is 24.3 Å². The van der Waals surface area contributed by atoms with E-state index >= 15 is 0 Å². The van der Waals surface area contributed by atoms with Gasteiger partial charge in [-0.15, -0.1) is 0 Å². The molecule has 1 aromatic rings. The van der Waals surface area contributed by atoms with Crippen LogP contribution in [0.15, 0.2) is 24.3 Å². The van der Waals surface area contributed by atoms with Gasteiger partial charge in [0, 0.05) is 23.8 Å². The van der Waals surface area contributed by atoms with Crippen molar-refractivity contribution < 1.29 is 14.4 Å². The molecule has 0 spiro atoms. The highest BCUT2D eigenvalue weighted by Gasteiger charge is 2.23. The normalized spacial score (nSPS) is 13.1. The third kappa shape index (κ3) is 5.98. The molecule has 1 aliphatic carbocycles. The quantitative estimate of drug-likeness (QED) is 0.607. The van der Waals surface area contributed by atoms with Gasteiger partial charge >= 0.3 is 6.03 Å². The summed E-state index contributed by atoms with van der Waals surface area (Å²) in [6, 6.07) is 6.61. The summed E-state index contributed by atoms with van der Waals surface area (Å²) >= 11 is 0. The summed E-state index contributed by atoms with van der Waals surface area (Å²) in [7, 11) is 0. The molecule has 0 aromatic heterocycles. The van der Waals surface area contributed by atoms with Crippen LogP contribution in [0.3, 0.4) is 0 Å². The van der Waals surface area contributed by atoms with Gasteiger partial charge in [0.1, 0.15) is 0 Å². The van der Waals surface area contributed by atoms with Crippen molar-refractivity contribution in [2.24, 2.45) is 0 Å². The molecular formula is C16H22N4O3. The molecule has 2 rings (SSSR count). The Hall–Kier alpha value is -2.57. The molecule has 1 saturated carbocycles. The Labute approximate surface area is 135 Å². The van der Waals surface area contributed by atoms with Crippen molar-refractivity contribution in [2.45, 2.75) is 32.2 Å². The molecule has 0 unspecified atom stereocenters. The number of hydrogen-bond acceptors (Lipinski definition) is 4. The van der Waals surface area contributed by atoms with Crippen molar-refractivity contribution in [3.8, 4) is 0 Å². The van der Waals surface area contributed by atoms with Gasteiger partial charge in [0.2, 0.25) is 5.91 Å². The van der Waals surface area contributed by atoms with Crippen molar-refractivity contribution >= 4 is 23.5 Å². The monoisotopic (exact) mass is 318 g/mol. The molecular weight excluding hydrogens is 296 g/mol. The second kappa shape index (κ2) is 8.17. The van der Waals surface area contributed by atoms with E-state index in [1.165, 1.54) is 0 Å². The zero-order valence-electron chi connectivity index (χ0n) is 13.1. The molecule has 0 saturated heterocycles. The molecule has 124 valence electrons. The number of nitrogens with one attached hydrogen (secondary N) is 4. The summed E-state index contributed by atoms with van der Waals surface area (Å²) < 4.78 is 0. The number of amides is 4. The number of carbonyl (C=O) groups excluding carboxylic acids is 3. The molecule has 4 N–H and O–H groups in total. The number of anilines is 1. The lowest BCUT2D eigenvalue weighted by molar-refractivity contribution is -0.118. The van der Waals surface area contributed by atoms with Gasteiger partial charge in [0.15, 0.2) is 0 Å². The Morgan fingerprint density at radius 1 is 1.22 bits per heavy atom. The standard InChI is InChI=1S/C16H22N4O3/c1-2-8-17-15(22)11-4-3-5-13(9-11)18-10-14(21)20-16(23)19-12-6-7-12/h3-5,9,12,18H,2,6-8,10H2,1H3,(H,17,22)(H2,19,20,21,23). The van der Waals surface area contributed by atoms with E-state index < -0.39 is 11.9 Å². The number of benzene rings is 1. The highest BCUT2D eigenvalue weighted by Crippen LogP contribution is 2.18. The molecule has 4 amide bonds. The molecule has 1 aromatic carbocycles. The number of imide groups is 1. The molecule has 0 bridgehead atoms. The molecule has 1 fully saturated rings. The maximum atomic E-state index is 11.9. The van der Waals surface area contributed by atoms with Gasteiger partial charge in [-0.25, -0.2) is 4.79 Å². The van der Waals surface area contributed by atoms with E-state index in [1.807, 2.05) is 6.92 Å². The van der Waals surface area contributed by atoms with Gasteiger partial charge in [-0.05, 0) is 37.5 Å². The Balaban J connectivity index is 1.79. The van der Waals surface area contributed by atoms with Crippen molar-refractivity contribution in [1.82, 2.24) is 16.0 Å². The number of urea groups is 1. The van der Waals surface area contributed by atoms with Crippen molar-refractivity contribution in [1.29, 1.82) is 0 Å². The fourth-order valence-electron chi connectivity index (χ4n) is 1.91. The Bertz CT molecular complexity index is 584. The van der Waals surface area contributed by atoms with Gasteiger partial charge in [-0.3, -0.25) is 14.9 Å². The molecule has 1 aliphatic rings. The first-order valence-corrected chi connectivity index (χ1v) is 7.81. The minimum absolute atomic E-state index is 0.0435. The lowest BCUT2D eigenvalue weighted by Gasteiger charge is -2.09. The van der Waals surface area contributed by atoms with E-state index in [4.69, 9.17) is 0 Å². The van der Waals surface area contributed by atoms with E-state index in [0.29, 0.717) is 17.8 Å². The highest BCUT2D eigenvalue weighted by atomic mass is 16.2. The summed E-state index contributed by atoms with van der Waals surface area (Å²) in [6.07, 6.45) is 2.80.